The highest BCUT2D eigenvalue weighted by atomic mass is 16.3. The first-order chi connectivity index (χ1) is 10.3. The average molecular weight is 279 g/mol. The van der Waals surface area contributed by atoms with E-state index in [1.165, 1.54) is 5.56 Å². The van der Waals surface area contributed by atoms with Gasteiger partial charge in [0.05, 0.1) is 12.7 Å². The van der Waals surface area contributed by atoms with Crippen molar-refractivity contribution in [3.8, 4) is 0 Å². The third kappa shape index (κ3) is 2.97. The Labute approximate surface area is 123 Å². The second kappa shape index (κ2) is 5.83. The smallest absolute Gasteiger partial charge is 0.228 e. The van der Waals surface area contributed by atoms with Gasteiger partial charge in [-0.05, 0) is 30.2 Å². The van der Waals surface area contributed by atoms with Crippen LogP contribution >= 0.6 is 0 Å². The van der Waals surface area contributed by atoms with Crippen molar-refractivity contribution in [3.63, 3.8) is 0 Å². The zero-order valence-electron chi connectivity index (χ0n) is 11.9. The van der Waals surface area contributed by atoms with E-state index in [0.717, 1.165) is 28.6 Å². The summed E-state index contributed by atoms with van der Waals surface area (Å²) in [4.78, 5) is 12.1. The summed E-state index contributed by atoms with van der Waals surface area (Å²) in [6, 6.07) is 15.6. The van der Waals surface area contributed by atoms with Gasteiger partial charge in [-0.25, -0.2) is 0 Å². The van der Waals surface area contributed by atoms with Crippen molar-refractivity contribution in [3.05, 3.63) is 65.9 Å². The maximum Gasteiger partial charge on any atom is 0.228 e. The van der Waals surface area contributed by atoms with Crippen molar-refractivity contribution in [2.24, 2.45) is 0 Å². The quantitative estimate of drug-likeness (QED) is 0.778. The lowest BCUT2D eigenvalue weighted by Gasteiger charge is -2.04. The van der Waals surface area contributed by atoms with Gasteiger partial charge < -0.3 is 9.73 Å². The van der Waals surface area contributed by atoms with Crippen LogP contribution in [0.15, 0.2) is 59.2 Å². The van der Waals surface area contributed by atoms with Crippen LogP contribution in [-0.2, 0) is 17.6 Å². The third-order valence-corrected chi connectivity index (χ3v) is 3.54. The zero-order valence-corrected chi connectivity index (χ0v) is 11.9. The van der Waals surface area contributed by atoms with Crippen LogP contribution in [-0.4, -0.2) is 5.91 Å². The standard InChI is InChI=1S/C18H17NO2/c1-2-13-8-9-16-14(12-21-17(16)10-13)11-18(20)19-15-6-4-3-5-7-15/h3-10,12H,2,11H2,1H3,(H,19,20). The predicted molar refractivity (Wildman–Crippen MR) is 84.4 cm³/mol. The Morgan fingerprint density at radius 2 is 1.95 bits per heavy atom. The molecule has 3 aromatic rings. The van der Waals surface area contributed by atoms with E-state index in [4.69, 9.17) is 4.42 Å². The minimum Gasteiger partial charge on any atom is -0.464 e. The molecule has 0 aliphatic rings. The SMILES string of the molecule is CCc1ccc2c(CC(=O)Nc3ccccc3)coc2c1. The molecule has 0 spiro atoms. The molecule has 0 bridgehead atoms. The van der Waals surface area contributed by atoms with Crippen LogP contribution in [0.3, 0.4) is 0 Å². The fraction of sp³-hybridized carbons (Fsp3) is 0.167. The molecule has 21 heavy (non-hydrogen) atoms. The molecule has 3 heteroatoms. The van der Waals surface area contributed by atoms with Crippen LogP contribution in [0, 0.1) is 0 Å². The number of furan rings is 1. The Morgan fingerprint density at radius 1 is 1.14 bits per heavy atom. The number of para-hydroxylation sites is 1. The molecule has 0 atom stereocenters. The highest BCUT2D eigenvalue weighted by molar-refractivity contribution is 5.95. The Hall–Kier alpha value is -2.55. The van der Waals surface area contributed by atoms with E-state index in [9.17, 15) is 4.79 Å². The largest absolute Gasteiger partial charge is 0.464 e. The summed E-state index contributed by atoms with van der Waals surface area (Å²) in [5.41, 5.74) is 3.80. The van der Waals surface area contributed by atoms with Crippen LogP contribution in [0.2, 0.25) is 0 Å². The molecule has 0 fully saturated rings. The van der Waals surface area contributed by atoms with E-state index in [-0.39, 0.29) is 5.91 Å². The van der Waals surface area contributed by atoms with Gasteiger partial charge in [0.1, 0.15) is 5.58 Å². The van der Waals surface area contributed by atoms with Crippen LogP contribution in [0.25, 0.3) is 11.0 Å². The number of aryl methyl sites for hydroxylation is 1. The number of amides is 1. The molecule has 3 rings (SSSR count). The molecule has 0 saturated carbocycles. The summed E-state index contributed by atoms with van der Waals surface area (Å²) < 4.78 is 5.56. The minimum absolute atomic E-state index is 0.0385. The molecule has 0 unspecified atom stereocenters. The van der Waals surface area contributed by atoms with Crippen LogP contribution in [0.5, 0.6) is 0 Å². The van der Waals surface area contributed by atoms with Crippen molar-refractivity contribution in [2.75, 3.05) is 5.32 Å². The molecular weight excluding hydrogens is 262 g/mol. The summed E-state index contributed by atoms with van der Waals surface area (Å²) in [5.74, 6) is -0.0385. The summed E-state index contributed by atoms with van der Waals surface area (Å²) in [6.45, 7) is 2.11. The predicted octanol–water partition coefficient (Wildman–Crippen LogP) is 4.18. The highest BCUT2D eigenvalue weighted by Gasteiger charge is 2.11. The minimum atomic E-state index is -0.0385. The zero-order chi connectivity index (χ0) is 14.7. The molecule has 0 saturated heterocycles. The van der Waals surface area contributed by atoms with Crippen LogP contribution in [0.4, 0.5) is 5.69 Å². The van der Waals surface area contributed by atoms with E-state index >= 15 is 0 Å². The van der Waals surface area contributed by atoms with E-state index in [0.29, 0.717) is 6.42 Å². The van der Waals surface area contributed by atoms with E-state index < -0.39 is 0 Å². The van der Waals surface area contributed by atoms with Gasteiger partial charge in [-0.1, -0.05) is 37.3 Å². The Kier molecular flexibility index (Phi) is 3.73. The monoisotopic (exact) mass is 279 g/mol. The average Bonchev–Trinajstić information content (AvgIpc) is 2.90. The summed E-state index contributed by atoms with van der Waals surface area (Å²) in [7, 11) is 0. The number of hydrogen-bond donors (Lipinski definition) is 1. The molecule has 1 N–H and O–H groups in total. The number of hydrogen-bond acceptors (Lipinski definition) is 2. The van der Waals surface area contributed by atoms with Crippen molar-refractivity contribution >= 4 is 22.6 Å². The van der Waals surface area contributed by atoms with Crippen molar-refractivity contribution < 1.29 is 9.21 Å². The van der Waals surface area contributed by atoms with Gasteiger partial charge in [0, 0.05) is 16.6 Å². The third-order valence-electron chi connectivity index (χ3n) is 3.54. The maximum atomic E-state index is 12.1. The number of anilines is 1. The Balaban J connectivity index is 1.77. The van der Waals surface area contributed by atoms with Crippen molar-refractivity contribution in [1.82, 2.24) is 0 Å². The van der Waals surface area contributed by atoms with Crippen LogP contribution in [0.1, 0.15) is 18.1 Å². The molecule has 2 aromatic carbocycles. The number of fused-ring (bicyclic) bond motifs is 1. The second-order valence-electron chi connectivity index (χ2n) is 5.04. The maximum absolute atomic E-state index is 12.1. The topological polar surface area (TPSA) is 42.2 Å². The van der Waals surface area contributed by atoms with E-state index in [2.05, 4.69) is 18.3 Å². The summed E-state index contributed by atoms with van der Waals surface area (Å²) in [5, 5.41) is 3.90. The molecule has 1 heterocycles. The van der Waals surface area contributed by atoms with Gasteiger partial charge in [-0.15, -0.1) is 0 Å². The number of benzene rings is 2. The Bertz CT molecular complexity index is 759. The van der Waals surface area contributed by atoms with Crippen molar-refractivity contribution in [2.45, 2.75) is 19.8 Å². The normalized spacial score (nSPS) is 10.7. The Morgan fingerprint density at radius 3 is 2.71 bits per heavy atom. The fourth-order valence-electron chi connectivity index (χ4n) is 2.38. The van der Waals surface area contributed by atoms with Crippen molar-refractivity contribution in [1.29, 1.82) is 0 Å². The second-order valence-corrected chi connectivity index (χ2v) is 5.04. The number of rotatable bonds is 4. The fourth-order valence-corrected chi connectivity index (χ4v) is 2.38. The van der Waals surface area contributed by atoms with Crippen LogP contribution < -0.4 is 5.32 Å². The lowest BCUT2D eigenvalue weighted by molar-refractivity contribution is -0.115. The molecule has 1 aromatic heterocycles. The van der Waals surface area contributed by atoms with Gasteiger partial charge in [-0.3, -0.25) is 4.79 Å². The summed E-state index contributed by atoms with van der Waals surface area (Å²) in [6.07, 6.45) is 2.96. The lowest BCUT2D eigenvalue weighted by atomic mass is 10.1. The molecule has 0 aliphatic heterocycles. The molecule has 1 amide bonds. The number of carbonyl (C=O) groups is 1. The number of nitrogens with one attached hydrogen (secondary N) is 1. The molecule has 3 nitrogen and oxygen atoms in total. The van der Waals surface area contributed by atoms with E-state index in [1.807, 2.05) is 42.5 Å². The molecule has 0 aliphatic carbocycles. The van der Waals surface area contributed by atoms with Gasteiger partial charge in [0.25, 0.3) is 0 Å². The molecular formula is C18H17NO2. The summed E-state index contributed by atoms with van der Waals surface area (Å²) >= 11 is 0. The first-order valence-electron chi connectivity index (χ1n) is 7.10. The highest BCUT2D eigenvalue weighted by Crippen LogP contribution is 2.23. The lowest BCUT2D eigenvalue weighted by Crippen LogP contribution is -2.13. The first kappa shape index (κ1) is 13.4. The molecule has 0 radical (unpaired) electrons. The molecule has 106 valence electrons. The van der Waals surface area contributed by atoms with E-state index in [1.54, 1.807) is 6.26 Å². The van der Waals surface area contributed by atoms with Gasteiger partial charge >= 0.3 is 0 Å². The van der Waals surface area contributed by atoms with Gasteiger partial charge in [-0.2, -0.15) is 0 Å². The number of carbonyl (C=O) groups excluding carboxylic acids is 1. The van der Waals surface area contributed by atoms with Gasteiger partial charge in [0.15, 0.2) is 0 Å². The first-order valence-corrected chi connectivity index (χ1v) is 7.10. The van der Waals surface area contributed by atoms with Gasteiger partial charge in [0.2, 0.25) is 5.91 Å².